The maximum Gasteiger partial charge on any atom is 0.320 e. The molecule has 1 saturated heterocycles. The second-order valence-electron chi connectivity index (χ2n) is 7.91. The molecule has 0 bridgehead atoms. The molecule has 1 fully saturated rings. The number of rotatable bonds is 12. The molecule has 6 atom stereocenters. The van der Waals surface area contributed by atoms with E-state index in [1.54, 1.807) is 0 Å². The van der Waals surface area contributed by atoms with E-state index in [4.69, 9.17) is 21.7 Å². The van der Waals surface area contributed by atoms with Crippen molar-refractivity contribution in [3.8, 4) is 0 Å². The van der Waals surface area contributed by atoms with Gasteiger partial charge in [0.15, 0.2) is 6.29 Å². The number of carboxylic acid groups (broad SMARTS) is 2. The number of nitrogens with two attached hydrogens (primary N) is 2. The van der Waals surface area contributed by atoms with E-state index in [2.05, 4.69) is 15.6 Å². The first kappa shape index (κ1) is 24.4. The highest BCUT2D eigenvalue weighted by Gasteiger charge is 2.38. The lowest BCUT2D eigenvalue weighted by atomic mass is 10.1. The van der Waals surface area contributed by atoms with Crippen LogP contribution in [0.1, 0.15) is 38.5 Å². The van der Waals surface area contributed by atoms with Crippen LogP contribution in [0.25, 0.3) is 0 Å². The molecule has 0 aromatic heterocycles. The van der Waals surface area contributed by atoms with Crippen molar-refractivity contribution in [3.63, 3.8) is 0 Å². The maximum atomic E-state index is 10.8. The molecule has 0 radical (unpaired) electrons. The molecule has 2 aliphatic rings. The van der Waals surface area contributed by atoms with E-state index in [0.29, 0.717) is 51.6 Å². The van der Waals surface area contributed by atoms with E-state index < -0.39 is 36.2 Å². The van der Waals surface area contributed by atoms with Crippen molar-refractivity contribution in [3.05, 3.63) is 0 Å². The maximum absolute atomic E-state index is 10.8. The summed E-state index contributed by atoms with van der Waals surface area (Å²) in [5.74, 6) is -1.30. The van der Waals surface area contributed by atoms with Gasteiger partial charge in [-0.25, -0.2) is 4.99 Å². The summed E-state index contributed by atoms with van der Waals surface area (Å²) in [6, 6.07) is -2.00. The largest absolute Gasteiger partial charge is 0.480 e. The molecule has 0 saturated carbocycles. The number of unbranched alkanes of at least 4 members (excludes halogenated alkanes) is 1. The number of carbonyl (C=O) groups is 2. The van der Waals surface area contributed by atoms with Gasteiger partial charge in [-0.1, -0.05) is 0 Å². The minimum absolute atomic E-state index is 0.225. The summed E-state index contributed by atoms with van der Waals surface area (Å²) in [6.45, 7) is 1.33. The van der Waals surface area contributed by atoms with E-state index in [-0.39, 0.29) is 18.9 Å². The molecule has 2 aliphatic heterocycles. The average Bonchev–Trinajstić information content (AvgIpc) is 3.04. The van der Waals surface area contributed by atoms with E-state index >= 15 is 0 Å². The molecule has 1 unspecified atom stereocenters. The fourth-order valence-corrected chi connectivity index (χ4v) is 3.62. The van der Waals surface area contributed by atoms with E-state index in [0.717, 1.165) is 5.84 Å². The van der Waals surface area contributed by atoms with Crippen LogP contribution in [0.4, 0.5) is 0 Å². The molecule has 0 aromatic rings. The van der Waals surface area contributed by atoms with Crippen LogP contribution in [0.15, 0.2) is 4.99 Å². The predicted molar refractivity (Wildman–Crippen MR) is 109 cm³/mol. The quantitative estimate of drug-likeness (QED) is 0.151. The van der Waals surface area contributed by atoms with Gasteiger partial charge in [-0.3, -0.25) is 20.2 Å². The summed E-state index contributed by atoms with van der Waals surface area (Å²) >= 11 is 0. The molecule has 12 heteroatoms. The molecule has 10 N–H and O–H groups in total. The molecule has 0 spiro atoms. The minimum Gasteiger partial charge on any atom is -0.480 e. The monoisotopic (exact) mass is 430 g/mol. The summed E-state index contributed by atoms with van der Waals surface area (Å²) in [5.41, 5.74) is 11.0. The second kappa shape index (κ2) is 11.5. The lowest BCUT2D eigenvalue weighted by Crippen LogP contribution is -2.46. The number of aliphatic imine (C=N–C) groups is 1. The molecule has 0 aromatic carbocycles. The molecule has 172 valence electrons. The number of hydrogen-bond acceptors (Lipinski definition) is 10. The normalized spacial score (nSPS) is 28.4. The van der Waals surface area contributed by atoms with Crippen LogP contribution in [0.2, 0.25) is 0 Å². The Balaban J connectivity index is 1.88. The highest BCUT2D eigenvalue weighted by molar-refractivity contribution is 5.89. The van der Waals surface area contributed by atoms with Gasteiger partial charge in [-0.2, -0.15) is 0 Å². The number of β-amino-alcohol motifs (C(OH)–C–C–N with tert-alkyl or cyclic N) is 1. The fraction of sp³-hybridized carbons (Fsp3) is 0.833. The number of amidine groups is 1. The van der Waals surface area contributed by atoms with Crippen LogP contribution in [-0.2, 0) is 9.59 Å². The summed E-state index contributed by atoms with van der Waals surface area (Å²) in [4.78, 5) is 28.1. The van der Waals surface area contributed by atoms with Crippen molar-refractivity contribution < 1.29 is 30.0 Å². The molecular formula is C18H34N6O6. The standard InChI is InChI=1S/C18H34N6O6/c19-10(16(27)28)4-1-2-7-24-9-14(26)13(25)8-12-15(24)23-18(22-12)21-6-3-5-11(20)17(29)30/h10-14,18,21-22,25-26H,1-9,19-20H2,(H,27,28)(H,29,30)/t10-,11-,12+,13-,14+,18?/m0/s1. The zero-order valence-electron chi connectivity index (χ0n) is 17.0. The number of carboxylic acids is 2. The first-order valence-corrected chi connectivity index (χ1v) is 10.3. The number of aliphatic carboxylic acids is 2. The Kier molecular flexibility index (Phi) is 9.39. The van der Waals surface area contributed by atoms with Gasteiger partial charge < -0.3 is 36.8 Å². The van der Waals surface area contributed by atoms with Crippen molar-refractivity contribution in [2.24, 2.45) is 16.5 Å². The fourth-order valence-electron chi connectivity index (χ4n) is 3.62. The zero-order chi connectivity index (χ0) is 22.3. The molecule has 30 heavy (non-hydrogen) atoms. The Labute approximate surface area is 175 Å². The number of aliphatic hydroxyl groups excluding tert-OH is 2. The van der Waals surface area contributed by atoms with Gasteiger partial charge in [-0.05, 0) is 45.1 Å². The van der Waals surface area contributed by atoms with Gasteiger partial charge >= 0.3 is 11.9 Å². The molecule has 0 aliphatic carbocycles. The SMILES string of the molecule is N[C@@H](CCCCN1C[C@@H](O)[C@@H](O)C[C@H]2NC(NCCC[C@H](N)C(=O)O)N=C21)C(=O)O. The number of nitrogens with zero attached hydrogens (tertiary/aromatic N) is 2. The highest BCUT2D eigenvalue weighted by atomic mass is 16.4. The van der Waals surface area contributed by atoms with Gasteiger partial charge in [0.1, 0.15) is 17.9 Å². The van der Waals surface area contributed by atoms with Crippen molar-refractivity contribution in [2.45, 2.75) is 75.1 Å². The van der Waals surface area contributed by atoms with Crippen LogP contribution >= 0.6 is 0 Å². The zero-order valence-corrected chi connectivity index (χ0v) is 17.0. The Morgan fingerprint density at radius 2 is 1.73 bits per heavy atom. The van der Waals surface area contributed by atoms with Crippen LogP contribution in [0.5, 0.6) is 0 Å². The van der Waals surface area contributed by atoms with Crippen molar-refractivity contribution in [1.82, 2.24) is 15.5 Å². The molecule has 2 rings (SSSR count). The molecule has 0 amide bonds. The van der Waals surface area contributed by atoms with E-state index in [1.807, 2.05) is 4.90 Å². The van der Waals surface area contributed by atoms with Crippen molar-refractivity contribution in [2.75, 3.05) is 19.6 Å². The number of hydrogen-bond donors (Lipinski definition) is 8. The lowest BCUT2D eigenvalue weighted by molar-refractivity contribution is -0.139. The molecule has 2 heterocycles. The van der Waals surface area contributed by atoms with Gasteiger partial charge in [0.25, 0.3) is 0 Å². The predicted octanol–water partition coefficient (Wildman–Crippen LogP) is -2.57. The second-order valence-corrected chi connectivity index (χ2v) is 7.91. The Morgan fingerprint density at radius 1 is 1.10 bits per heavy atom. The van der Waals surface area contributed by atoms with Crippen LogP contribution < -0.4 is 22.1 Å². The summed E-state index contributed by atoms with van der Waals surface area (Å²) < 4.78 is 0. The third-order valence-corrected chi connectivity index (χ3v) is 5.44. The van der Waals surface area contributed by atoms with Gasteiger partial charge in [0.05, 0.1) is 18.2 Å². The average molecular weight is 431 g/mol. The first-order chi connectivity index (χ1) is 14.2. The van der Waals surface area contributed by atoms with Gasteiger partial charge in [-0.15, -0.1) is 0 Å². The van der Waals surface area contributed by atoms with E-state index in [1.165, 1.54) is 0 Å². The number of aliphatic hydroxyl groups is 2. The summed E-state index contributed by atoms with van der Waals surface area (Å²) in [7, 11) is 0. The Bertz CT molecular complexity index is 620. The number of fused-ring (bicyclic) bond motifs is 1. The van der Waals surface area contributed by atoms with Crippen LogP contribution in [-0.4, -0.2) is 99.4 Å². The minimum atomic E-state index is -1.02. The van der Waals surface area contributed by atoms with Crippen LogP contribution in [0, 0.1) is 0 Å². The Morgan fingerprint density at radius 3 is 2.37 bits per heavy atom. The third kappa shape index (κ3) is 7.15. The summed E-state index contributed by atoms with van der Waals surface area (Å²) in [6.07, 6.45) is 0.765. The van der Waals surface area contributed by atoms with Crippen LogP contribution in [0.3, 0.4) is 0 Å². The van der Waals surface area contributed by atoms with Gasteiger partial charge in [0.2, 0.25) is 0 Å². The smallest absolute Gasteiger partial charge is 0.320 e. The lowest BCUT2D eigenvalue weighted by Gasteiger charge is -2.26. The topological polar surface area (TPSA) is 207 Å². The first-order valence-electron chi connectivity index (χ1n) is 10.3. The molecule has 12 nitrogen and oxygen atoms in total. The number of nitrogens with one attached hydrogen (secondary N) is 2. The van der Waals surface area contributed by atoms with Crippen molar-refractivity contribution >= 4 is 17.8 Å². The highest BCUT2D eigenvalue weighted by Crippen LogP contribution is 2.20. The number of likely N-dealkylation sites (tertiary alicyclic amines) is 1. The van der Waals surface area contributed by atoms with Gasteiger partial charge in [0, 0.05) is 13.1 Å². The summed E-state index contributed by atoms with van der Waals surface area (Å²) in [5, 5.41) is 44.5. The third-order valence-electron chi connectivity index (χ3n) is 5.44. The molecular weight excluding hydrogens is 396 g/mol. The Hall–Kier alpha value is -1.83. The van der Waals surface area contributed by atoms with Crippen molar-refractivity contribution in [1.29, 1.82) is 0 Å². The van der Waals surface area contributed by atoms with E-state index in [9.17, 15) is 19.8 Å².